The van der Waals surface area contributed by atoms with Crippen molar-refractivity contribution in [1.29, 1.82) is 0 Å². The molecule has 0 aliphatic rings. The summed E-state index contributed by atoms with van der Waals surface area (Å²) in [5, 5.41) is 0.400. The summed E-state index contributed by atoms with van der Waals surface area (Å²) in [5.41, 5.74) is 0.823. The monoisotopic (exact) mass is 225 g/mol. The molecule has 0 aromatic carbocycles. The van der Waals surface area contributed by atoms with E-state index >= 15 is 0 Å². The van der Waals surface area contributed by atoms with E-state index in [0.29, 0.717) is 23.9 Å². The Morgan fingerprint density at radius 3 is 2.87 bits per heavy atom. The summed E-state index contributed by atoms with van der Waals surface area (Å²) in [7, 11) is 1.54. The number of aromatic nitrogens is 1. The van der Waals surface area contributed by atoms with E-state index in [-0.39, 0.29) is 0 Å². The van der Waals surface area contributed by atoms with Crippen LogP contribution >= 0.6 is 11.6 Å². The number of allylic oxidation sites excluding steroid dienone is 1. The summed E-state index contributed by atoms with van der Waals surface area (Å²) in [4.78, 5) is 14.1. The lowest BCUT2D eigenvalue weighted by atomic mass is 10.2. The van der Waals surface area contributed by atoms with Crippen molar-refractivity contribution in [3.63, 3.8) is 0 Å². The molecule has 0 aliphatic carbocycles. The molecule has 0 fully saturated rings. The fraction of sp³-hybridized carbons (Fsp3) is 0.273. The number of rotatable bonds is 5. The van der Waals surface area contributed by atoms with Gasteiger partial charge in [0.1, 0.15) is 11.4 Å². The Hall–Kier alpha value is -1.35. The first-order valence-electron chi connectivity index (χ1n) is 4.58. The molecule has 0 bridgehead atoms. The molecule has 1 rings (SSSR count). The molecule has 4 heteroatoms. The number of unbranched alkanes of at least 4 members (excludes halogenated alkanes) is 1. The van der Waals surface area contributed by atoms with E-state index in [1.165, 1.54) is 7.11 Å². The predicted molar refractivity (Wildman–Crippen MR) is 60.1 cm³/mol. The average molecular weight is 226 g/mol. The zero-order valence-corrected chi connectivity index (χ0v) is 9.20. The topological polar surface area (TPSA) is 39.2 Å². The van der Waals surface area contributed by atoms with Gasteiger partial charge in [-0.05, 0) is 12.5 Å². The Morgan fingerprint density at radius 1 is 1.47 bits per heavy atom. The highest BCUT2D eigenvalue weighted by Gasteiger charge is 1.99. The highest BCUT2D eigenvalue weighted by molar-refractivity contribution is 6.30. The normalized spacial score (nSPS) is 10.5. The lowest BCUT2D eigenvalue weighted by Gasteiger charge is -2.01. The maximum absolute atomic E-state index is 10.1. The first kappa shape index (κ1) is 11.7. The van der Waals surface area contributed by atoms with Gasteiger partial charge in [-0.2, -0.15) is 0 Å². The van der Waals surface area contributed by atoms with Crippen molar-refractivity contribution in [1.82, 2.24) is 4.98 Å². The van der Waals surface area contributed by atoms with Crippen LogP contribution in [0.25, 0.3) is 6.08 Å². The number of methoxy groups -OCH3 is 1. The van der Waals surface area contributed by atoms with Gasteiger partial charge in [0.05, 0.1) is 7.11 Å². The number of nitrogens with zero attached hydrogens (tertiary/aromatic N) is 1. The van der Waals surface area contributed by atoms with Gasteiger partial charge in [-0.3, -0.25) is 0 Å². The second-order valence-electron chi connectivity index (χ2n) is 2.88. The third kappa shape index (κ3) is 3.72. The van der Waals surface area contributed by atoms with E-state index in [0.717, 1.165) is 11.8 Å². The average Bonchev–Trinajstić information content (AvgIpc) is 2.26. The van der Waals surface area contributed by atoms with Gasteiger partial charge in [-0.25, -0.2) is 4.98 Å². The highest BCUT2D eigenvalue weighted by Crippen LogP contribution is 2.19. The summed E-state index contributed by atoms with van der Waals surface area (Å²) >= 11 is 5.91. The zero-order valence-electron chi connectivity index (χ0n) is 8.44. The lowest BCUT2D eigenvalue weighted by Crippen LogP contribution is -1.88. The summed E-state index contributed by atoms with van der Waals surface area (Å²) in [6.07, 6.45) is 5.86. The van der Waals surface area contributed by atoms with Gasteiger partial charge in [-0.1, -0.05) is 23.8 Å². The van der Waals surface area contributed by atoms with Crippen LogP contribution < -0.4 is 4.74 Å². The molecule has 80 valence electrons. The van der Waals surface area contributed by atoms with Crippen LogP contribution in [0.15, 0.2) is 18.2 Å². The molecule has 0 N–H and O–H groups in total. The van der Waals surface area contributed by atoms with Crippen LogP contribution in [0.3, 0.4) is 0 Å². The van der Waals surface area contributed by atoms with E-state index in [2.05, 4.69) is 4.98 Å². The molecule has 15 heavy (non-hydrogen) atoms. The Kier molecular flexibility index (Phi) is 4.84. The molecule has 0 saturated carbocycles. The second kappa shape index (κ2) is 6.19. The van der Waals surface area contributed by atoms with Gasteiger partial charge < -0.3 is 9.53 Å². The maximum Gasteiger partial charge on any atom is 0.214 e. The van der Waals surface area contributed by atoms with Gasteiger partial charge in [-0.15, -0.1) is 0 Å². The molecular weight excluding hydrogens is 214 g/mol. The van der Waals surface area contributed by atoms with Crippen LogP contribution in [0.1, 0.15) is 18.4 Å². The first-order chi connectivity index (χ1) is 7.27. The zero-order chi connectivity index (χ0) is 11.1. The Labute approximate surface area is 93.7 Å². The molecule has 0 spiro atoms. The fourth-order valence-electron chi connectivity index (χ4n) is 1.04. The SMILES string of the molecule is COc1ccc(/C=C/CCC=O)c(Cl)n1. The third-order valence-corrected chi connectivity index (χ3v) is 2.11. The van der Waals surface area contributed by atoms with Gasteiger partial charge in [0, 0.05) is 18.1 Å². The molecule has 1 heterocycles. The van der Waals surface area contributed by atoms with Crippen LogP contribution in [0.2, 0.25) is 5.15 Å². The van der Waals surface area contributed by atoms with Crippen LogP contribution in [-0.2, 0) is 4.79 Å². The highest BCUT2D eigenvalue weighted by atomic mass is 35.5. The van der Waals surface area contributed by atoms with Crippen molar-refractivity contribution in [2.75, 3.05) is 7.11 Å². The number of hydrogen-bond acceptors (Lipinski definition) is 3. The third-order valence-electron chi connectivity index (χ3n) is 1.81. The van der Waals surface area contributed by atoms with E-state index in [9.17, 15) is 4.79 Å². The molecule has 0 amide bonds. The van der Waals surface area contributed by atoms with Crippen LogP contribution in [-0.4, -0.2) is 18.4 Å². The largest absolute Gasteiger partial charge is 0.481 e. The molecule has 0 atom stereocenters. The van der Waals surface area contributed by atoms with E-state index in [1.807, 2.05) is 18.2 Å². The van der Waals surface area contributed by atoms with Crippen molar-refractivity contribution in [2.24, 2.45) is 0 Å². The molecule has 3 nitrogen and oxygen atoms in total. The van der Waals surface area contributed by atoms with E-state index in [1.54, 1.807) is 6.07 Å². The summed E-state index contributed by atoms with van der Waals surface area (Å²) in [6, 6.07) is 3.57. The van der Waals surface area contributed by atoms with Gasteiger partial charge in [0.15, 0.2) is 0 Å². The standard InChI is InChI=1S/C11H12ClNO2/c1-15-10-7-6-9(11(12)13-10)5-3-2-4-8-14/h3,5-8H,2,4H2,1H3/b5-3+. The molecular formula is C11H12ClNO2. The minimum absolute atomic E-state index is 0.400. The van der Waals surface area contributed by atoms with Crippen molar-refractivity contribution in [2.45, 2.75) is 12.8 Å². The van der Waals surface area contributed by atoms with Crippen LogP contribution in [0.4, 0.5) is 0 Å². The molecule has 0 saturated heterocycles. The first-order valence-corrected chi connectivity index (χ1v) is 4.96. The summed E-state index contributed by atoms with van der Waals surface area (Å²) in [5.74, 6) is 0.491. The Bertz CT molecular complexity index is 364. The summed E-state index contributed by atoms with van der Waals surface area (Å²) < 4.78 is 4.93. The van der Waals surface area contributed by atoms with Crippen molar-refractivity contribution in [3.8, 4) is 5.88 Å². The van der Waals surface area contributed by atoms with Crippen LogP contribution in [0, 0.1) is 0 Å². The maximum atomic E-state index is 10.1. The van der Waals surface area contributed by atoms with E-state index < -0.39 is 0 Å². The lowest BCUT2D eigenvalue weighted by molar-refractivity contribution is -0.107. The Balaban J connectivity index is 2.69. The predicted octanol–water partition coefficient (Wildman–Crippen LogP) is 2.74. The number of carbonyl (C=O) groups excluding carboxylic acids is 1. The van der Waals surface area contributed by atoms with Crippen molar-refractivity contribution >= 4 is 24.0 Å². The second-order valence-corrected chi connectivity index (χ2v) is 3.24. The summed E-state index contributed by atoms with van der Waals surface area (Å²) in [6.45, 7) is 0. The van der Waals surface area contributed by atoms with E-state index in [4.69, 9.17) is 16.3 Å². The van der Waals surface area contributed by atoms with Gasteiger partial charge in [0.25, 0.3) is 0 Å². The number of ether oxygens (including phenoxy) is 1. The van der Waals surface area contributed by atoms with Crippen molar-refractivity contribution in [3.05, 3.63) is 28.9 Å². The Morgan fingerprint density at radius 2 is 2.27 bits per heavy atom. The minimum atomic E-state index is 0.400. The molecule has 0 unspecified atom stereocenters. The molecule has 0 radical (unpaired) electrons. The number of aldehydes is 1. The number of carbonyl (C=O) groups is 1. The van der Waals surface area contributed by atoms with Gasteiger partial charge in [0.2, 0.25) is 5.88 Å². The fourth-order valence-corrected chi connectivity index (χ4v) is 1.25. The number of halogens is 1. The quantitative estimate of drug-likeness (QED) is 0.440. The van der Waals surface area contributed by atoms with Crippen molar-refractivity contribution < 1.29 is 9.53 Å². The molecule has 0 aliphatic heterocycles. The molecule has 1 aromatic rings. The smallest absolute Gasteiger partial charge is 0.214 e. The molecule has 1 aromatic heterocycles. The minimum Gasteiger partial charge on any atom is -0.481 e. The van der Waals surface area contributed by atoms with Crippen LogP contribution in [0.5, 0.6) is 5.88 Å². The number of pyridine rings is 1. The number of hydrogen-bond donors (Lipinski definition) is 0. The van der Waals surface area contributed by atoms with Gasteiger partial charge >= 0.3 is 0 Å².